The van der Waals surface area contributed by atoms with Gasteiger partial charge in [-0.2, -0.15) is 0 Å². The number of likely N-dealkylation sites (N-methyl/N-ethyl adjacent to an activating group) is 1. The van der Waals surface area contributed by atoms with Crippen LogP contribution in [0.3, 0.4) is 0 Å². The molecule has 0 aliphatic carbocycles. The number of amides is 1. The maximum absolute atomic E-state index is 11.6. The predicted octanol–water partition coefficient (Wildman–Crippen LogP) is 2.41. The zero-order chi connectivity index (χ0) is 11.8. The Morgan fingerprint density at radius 1 is 1.47 bits per heavy atom. The van der Waals surface area contributed by atoms with E-state index < -0.39 is 0 Å². The lowest BCUT2D eigenvalue weighted by molar-refractivity contribution is -0.126. The number of hydrogen-bond acceptors (Lipinski definition) is 2. The first-order valence-corrected chi connectivity index (χ1v) is 5.30. The molecule has 0 atom stereocenters. The second-order valence-electron chi connectivity index (χ2n) is 2.93. The lowest BCUT2D eigenvalue weighted by Crippen LogP contribution is -2.33. The van der Waals surface area contributed by atoms with Crippen LogP contribution in [0.15, 0.2) is 28.9 Å². The fourth-order valence-corrected chi connectivity index (χ4v) is 1.33. The second kappa shape index (κ2) is 6.98. The summed E-state index contributed by atoms with van der Waals surface area (Å²) in [6, 6.07) is 0. The van der Waals surface area contributed by atoms with Crippen LogP contribution >= 0.6 is 0 Å². The summed E-state index contributed by atoms with van der Waals surface area (Å²) in [5, 5.41) is 0. The first kappa shape index (κ1) is 13.6. The standard InChI is InChI=1S/C10H14N2O.C2H6/c1-4-8-9(11-5-2)6-7-12(3)10(8)13;1-2/h4-5H,1,6-7H2,2-3H3;1-2H3. The molecule has 0 bridgehead atoms. The lowest BCUT2D eigenvalue weighted by atomic mass is 10.1. The average molecular weight is 208 g/mol. The van der Waals surface area contributed by atoms with Crippen LogP contribution in [0.25, 0.3) is 0 Å². The van der Waals surface area contributed by atoms with Crippen LogP contribution < -0.4 is 0 Å². The molecule has 3 heteroatoms. The third-order valence-electron chi connectivity index (χ3n) is 2.06. The summed E-state index contributed by atoms with van der Waals surface area (Å²) >= 11 is 0. The molecule has 0 radical (unpaired) electrons. The van der Waals surface area contributed by atoms with Gasteiger partial charge in [0.25, 0.3) is 5.91 Å². The van der Waals surface area contributed by atoms with Crippen LogP contribution in [-0.4, -0.2) is 30.6 Å². The fraction of sp³-hybridized carbons (Fsp3) is 0.500. The number of carbonyl (C=O) groups is 1. The Bertz CT molecular complexity index is 290. The minimum absolute atomic E-state index is 0.0156. The predicted molar refractivity (Wildman–Crippen MR) is 65.0 cm³/mol. The number of hydrogen-bond donors (Lipinski definition) is 0. The van der Waals surface area contributed by atoms with Gasteiger partial charge in [-0.3, -0.25) is 9.79 Å². The van der Waals surface area contributed by atoms with Gasteiger partial charge in [0.05, 0.1) is 11.3 Å². The minimum atomic E-state index is 0.0156. The van der Waals surface area contributed by atoms with E-state index in [1.165, 1.54) is 0 Å². The van der Waals surface area contributed by atoms with Crippen molar-refractivity contribution in [3.8, 4) is 0 Å². The van der Waals surface area contributed by atoms with Crippen LogP contribution in [0.4, 0.5) is 0 Å². The van der Waals surface area contributed by atoms with Crippen LogP contribution in [-0.2, 0) is 4.79 Å². The Morgan fingerprint density at radius 2 is 2.07 bits per heavy atom. The van der Waals surface area contributed by atoms with E-state index >= 15 is 0 Å². The Hall–Kier alpha value is -1.38. The third-order valence-corrected chi connectivity index (χ3v) is 2.06. The maximum Gasteiger partial charge on any atom is 0.255 e. The van der Waals surface area contributed by atoms with Crippen LogP contribution in [0.2, 0.25) is 0 Å². The number of nitrogens with zero attached hydrogens (tertiary/aromatic N) is 2. The SMILES string of the molecule is C=CC1=C(N=CC)CCN(C)C1=O.CC. The van der Waals surface area contributed by atoms with Gasteiger partial charge in [-0.05, 0) is 6.92 Å². The highest BCUT2D eigenvalue weighted by atomic mass is 16.2. The number of rotatable bonds is 2. The molecule has 1 amide bonds. The first-order chi connectivity index (χ1) is 7.20. The van der Waals surface area contributed by atoms with Gasteiger partial charge in [-0.15, -0.1) is 0 Å². The molecule has 0 aromatic carbocycles. The van der Waals surface area contributed by atoms with Crippen LogP contribution in [0.5, 0.6) is 0 Å². The van der Waals surface area contributed by atoms with Crippen molar-refractivity contribution in [2.45, 2.75) is 27.2 Å². The molecule has 15 heavy (non-hydrogen) atoms. The molecule has 0 fully saturated rings. The molecule has 3 nitrogen and oxygen atoms in total. The van der Waals surface area contributed by atoms with Crippen molar-refractivity contribution in [2.75, 3.05) is 13.6 Å². The summed E-state index contributed by atoms with van der Waals surface area (Å²) in [6.07, 6.45) is 4.10. The molecule has 1 aliphatic heterocycles. The maximum atomic E-state index is 11.6. The second-order valence-corrected chi connectivity index (χ2v) is 2.93. The smallest absolute Gasteiger partial charge is 0.255 e. The van der Waals surface area contributed by atoms with Crippen molar-refractivity contribution < 1.29 is 4.79 Å². The molecule has 1 heterocycles. The lowest BCUT2D eigenvalue weighted by Gasteiger charge is -2.23. The number of aliphatic imine (C=N–C) groups is 1. The van der Waals surface area contributed by atoms with Gasteiger partial charge in [0.2, 0.25) is 0 Å². The van der Waals surface area contributed by atoms with Gasteiger partial charge in [0.1, 0.15) is 0 Å². The van der Waals surface area contributed by atoms with Gasteiger partial charge in [0, 0.05) is 26.2 Å². The molecule has 0 aromatic rings. The quantitative estimate of drug-likeness (QED) is 0.641. The van der Waals surface area contributed by atoms with E-state index in [1.807, 2.05) is 20.8 Å². The molecule has 1 aliphatic rings. The van der Waals surface area contributed by atoms with Crippen LogP contribution in [0.1, 0.15) is 27.2 Å². The van der Waals surface area contributed by atoms with E-state index in [0.29, 0.717) is 5.57 Å². The minimum Gasteiger partial charge on any atom is -0.341 e. The van der Waals surface area contributed by atoms with Gasteiger partial charge in [0.15, 0.2) is 0 Å². The van der Waals surface area contributed by atoms with E-state index in [1.54, 1.807) is 24.2 Å². The Labute approximate surface area is 92.2 Å². The molecular weight excluding hydrogens is 188 g/mol. The normalized spacial score (nSPS) is 16.5. The number of carbonyl (C=O) groups excluding carboxylic acids is 1. The highest BCUT2D eigenvalue weighted by molar-refractivity contribution is 5.97. The highest BCUT2D eigenvalue weighted by Crippen LogP contribution is 2.19. The largest absolute Gasteiger partial charge is 0.341 e. The van der Waals surface area contributed by atoms with E-state index in [4.69, 9.17) is 0 Å². The molecule has 0 spiro atoms. The van der Waals surface area contributed by atoms with E-state index in [9.17, 15) is 4.79 Å². The Kier molecular flexibility index (Phi) is 6.34. The summed E-state index contributed by atoms with van der Waals surface area (Å²) in [4.78, 5) is 17.4. The van der Waals surface area contributed by atoms with E-state index in [0.717, 1.165) is 18.7 Å². The summed E-state index contributed by atoms with van der Waals surface area (Å²) in [7, 11) is 1.79. The summed E-state index contributed by atoms with van der Waals surface area (Å²) in [5.74, 6) is 0.0156. The summed E-state index contributed by atoms with van der Waals surface area (Å²) < 4.78 is 0. The summed E-state index contributed by atoms with van der Waals surface area (Å²) in [5.41, 5.74) is 1.48. The monoisotopic (exact) mass is 208 g/mol. The molecule has 1 rings (SSSR count). The highest BCUT2D eigenvalue weighted by Gasteiger charge is 2.21. The van der Waals surface area contributed by atoms with Crippen molar-refractivity contribution >= 4 is 12.1 Å². The molecule has 0 unspecified atom stereocenters. The van der Waals surface area contributed by atoms with Gasteiger partial charge in [-0.25, -0.2) is 0 Å². The molecule has 0 saturated carbocycles. The van der Waals surface area contributed by atoms with Crippen molar-refractivity contribution in [1.29, 1.82) is 0 Å². The molecule has 0 N–H and O–H groups in total. The van der Waals surface area contributed by atoms with Gasteiger partial charge in [-0.1, -0.05) is 26.5 Å². The van der Waals surface area contributed by atoms with Crippen LogP contribution in [0, 0.1) is 0 Å². The van der Waals surface area contributed by atoms with Crippen molar-refractivity contribution in [1.82, 2.24) is 4.90 Å². The Balaban J connectivity index is 0.000000921. The van der Waals surface area contributed by atoms with Gasteiger partial charge >= 0.3 is 0 Å². The average Bonchev–Trinajstić information content (AvgIpc) is 2.27. The zero-order valence-electron chi connectivity index (χ0n) is 10.1. The Morgan fingerprint density at radius 3 is 2.53 bits per heavy atom. The van der Waals surface area contributed by atoms with Crippen molar-refractivity contribution in [3.05, 3.63) is 23.9 Å². The molecular formula is C12H20N2O. The molecule has 0 saturated heterocycles. The molecule has 84 valence electrons. The third kappa shape index (κ3) is 3.35. The van der Waals surface area contributed by atoms with Crippen molar-refractivity contribution in [3.63, 3.8) is 0 Å². The summed E-state index contributed by atoms with van der Waals surface area (Å²) in [6.45, 7) is 10.2. The van der Waals surface area contributed by atoms with E-state index in [2.05, 4.69) is 11.6 Å². The van der Waals surface area contributed by atoms with E-state index in [-0.39, 0.29) is 5.91 Å². The topological polar surface area (TPSA) is 32.7 Å². The molecule has 0 aromatic heterocycles. The van der Waals surface area contributed by atoms with Crippen molar-refractivity contribution in [2.24, 2.45) is 4.99 Å². The van der Waals surface area contributed by atoms with Gasteiger partial charge < -0.3 is 4.90 Å². The fourth-order valence-electron chi connectivity index (χ4n) is 1.33. The first-order valence-electron chi connectivity index (χ1n) is 5.30. The zero-order valence-corrected chi connectivity index (χ0v) is 10.1.